The highest BCUT2D eigenvalue weighted by Crippen LogP contribution is 2.30. The van der Waals surface area contributed by atoms with Crippen LogP contribution in [0.1, 0.15) is 33.2 Å². The van der Waals surface area contributed by atoms with Crippen LogP contribution < -0.4 is 16.0 Å². The molecule has 1 aromatic heterocycles. The summed E-state index contributed by atoms with van der Waals surface area (Å²) in [6, 6.07) is 8.97. The number of anilines is 2. The van der Waals surface area contributed by atoms with Crippen molar-refractivity contribution < 1.29 is 22.8 Å². The Morgan fingerprint density at radius 3 is 2.38 bits per heavy atom. The van der Waals surface area contributed by atoms with Gasteiger partial charge in [-0.15, -0.1) is 0 Å². The lowest BCUT2D eigenvalue weighted by molar-refractivity contribution is -0.137. The molecular formula is C20H19F3N4O2. The van der Waals surface area contributed by atoms with Gasteiger partial charge >= 0.3 is 6.18 Å². The van der Waals surface area contributed by atoms with E-state index in [0.29, 0.717) is 28.7 Å². The molecule has 1 heterocycles. The Kier molecular flexibility index (Phi) is 5.23. The highest BCUT2D eigenvalue weighted by Gasteiger charge is 2.30. The van der Waals surface area contributed by atoms with E-state index >= 15 is 0 Å². The fourth-order valence-electron chi connectivity index (χ4n) is 3.02. The molecule has 0 aliphatic heterocycles. The molecule has 4 N–H and O–H groups in total. The van der Waals surface area contributed by atoms with Gasteiger partial charge in [-0.3, -0.25) is 9.59 Å². The fourth-order valence-corrected chi connectivity index (χ4v) is 3.02. The van der Waals surface area contributed by atoms with Gasteiger partial charge < -0.3 is 20.9 Å². The van der Waals surface area contributed by atoms with Gasteiger partial charge in [-0.05, 0) is 49.4 Å². The van der Waals surface area contributed by atoms with Crippen LogP contribution in [-0.4, -0.2) is 30.4 Å². The molecule has 9 heteroatoms. The topological polar surface area (TPSA) is 91.2 Å². The second-order valence-corrected chi connectivity index (χ2v) is 6.44. The molecule has 0 aliphatic carbocycles. The molecule has 2 amide bonds. The summed E-state index contributed by atoms with van der Waals surface area (Å²) >= 11 is 0. The van der Waals surface area contributed by atoms with Gasteiger partial charge in [0.25, 0.3) is 11.8 Å². The van der Waals surface area contributed by atoms with Crippen LogP contribution in [0, 0.1) is 0 Å². The lowest BCUT2D eigenvalue weighted by Crippen LogP contribution is -2.26. The molecule has 0 radical (unpaired) electrons. The average molecular weight is 404 g/mol. The number of alkyl halides is 3. The SMILES string of the molecule is CCNC(=O)c1c(N)[nH]c2cc(N(C)C(=O)c3ccc(C(F)(F)F)cc3)ccc12. The number of hydrogen-bond acceptors (Lipinski definition) is 3. The second kappa shape index (κ2) is 7.50. The molecule has 0 aliphatic rings. The predicted octanol–water partition coefficient (Wildman–Crippen LogP) is 3.80. The summed E-state index contributed by atoms with van der Waals surface area (Å²) in [5, 5.41) is 3.29. The van der Waals surface area contributed by atoms with Gasteiger partial charge in [-0.1, -0.05) is 0 Å². The number of carbonyl (C=O) groups excluding carboxylic acids is 2. The maximum Gasteiger partial charge on any atom is 0.416 e. The van der Waals surface area contributed by atoms with Crippen LogP contribution in [0.4, 0.5) is 24.7 Å². The van der Waals surface area contributed by atoms with Crippen LogP contribution in [0.3, 0.4) is 0 Å². The maximum atomic E-state index is 12.7. The first kappa shape index (κ1) is 20.2. The van der Waals surface area contributed by atoms with Gasteiger partial charge in [0.15, 0.2) is 0 Å². The normalized spacial score (nSPS) is 11.5. The Labute approximate surface area is 164 Å². The molecule has 0 saturated heterocycles. The Morgan fingerprint density at radius 1 is 1.14 bits per heavy atom. The van der Waals surface area contributed by atoms with Crippen molar-refractivity contribution in [1.82, 2.24) is 10.3 Å². The number of H-pyrrole nitrogens is 1. The molecule has 2 aromatic carbocycles. The van der Waals surface area contributed by atoms with Crippen molar-refractivity contribution in [3.8, 4) is 0 Å². The van der Waals surface area contributed by atoms with E-state index in [0.717, 1.165) is 24.3 Å². The number of nitrogens with two attached hydrogens (primary N) is 1. The van der Waals surface area contributed by atoms with Crippen LogP contribution in [0.5, 0.6) is 0 Å². The quantitative estimate of drug-likeness (QED) is 0.618. The van der Waals surface area contributed by atoms with Gasteiger partial charge in [-0.25, -0.2) is 0 Å². The molecule has 0 saturated carbocycles. The lowest BCUT2D eigenvalue weighted by atomic mass is 10.1. The van der Waals surface area contributed by atoms with Gasteiger partial charge in [0.05, 0.1) is 11.1 Å². The maximum absolute atomic E-state index is 12.7. The smallest absolute Gasteiger partial charge is 0.385 e. The number of aromatic nitrogens is 1. The Morgan fingerprint density at radius 2 is 1.79 bits per heavy atom. The van der Waals surface area contributed by atoms with E-state index in [-0.39, 0.29) is 17.3 Å². The lowest BCUT2D eigenvalue weighted by Gasteiger charge is -2.18. The fraction of sp³-hybridized carbons (Fsp3) is 0.200. The van der Waals surface area contributed by atoms with Crippen LogP contribution in [0.25, 0.3) is 10.9 Å². The summed E-state index contributed by atoms with van der Waals surface area (Å²) in [6.07, 6.45) is -4.46. The average Bonchev–Trinajstić information content (AvgIpc) is 3.01. The standard InChI is InChI=1S/C20H19F3N4O2/c1-3-25-18(28)16-14-9-8-13(10-15(14)26-17(16)24)27(2)19(29)11-4-6-12(7-5-11)20(21,22)23/h4-10,26H,3,24H2,1-2H3,(H,25,28). The Balaban J connectivity index is 1.90. The van der Waals surface area contributed by atoms with Gasteiger partial charge in [0.1, 0.15) is 5.82 Å². The summed E-state index contributed by atoms with van der Waals surface area (Å²) in [6.45, 7) is 2.25. The number of fused-ring (bicyclic) bond motifs is 1. The summed E-state index contributed by atoms with van der Waals surface area (Å²) in [5.41, 5.74) is 6.60. The van der Waals surface area contributed by atoms with Crippen LogP contribution >= 0.6 is 0 Å². The minimum absolute atomic E-state index is 0.120. The number of halogens is 3. The number of nitrogens with one attached hydrogen (secondary N) is 2. The molecular weight excluding hydrogens is 385 g/mol. The van der Waals surface area contributed by atoms with Gasteiger partial charge in [-0.2, -0.15) is 13.2 Å². The first-order valence-electron chi connectivity index (χ1n) is 8.78. The van der Waals surface area contributed by atoms with E-state index < -0.39 is 17.6 Å². The van der Waals surface area contributed by atoms with Gasteiger partial charge in [0.2, 0.25) is 0 Å². The van der Waals surface area contributed by atoms with Crippen molar-refractivity contribution in [1.29, 1.82) is 0 Å². The molecule has 6 nitrogen and oxygen atoms in total. The number of benzene rings is 2. The number of amides is 2. The van der Waals surface area contributed by atoms with E-state index in [9.17, 15) is 22.8 Å². The zero-order chi connectivity index (χ0) is 21.3. The van der Waals surface area contributed by atoms with Crippen molar-refractivity contribution in [2.45, 2.75) is 13.1 Å². The van der Waals surface area contributed by atoms with E-state index in [2.05, 4.69) is 10.3 Å². The zero-order valence-corrected chi connectivity index (χ0v) is 15.7. The number of aromatic amines is 1. The molecule has 0 atom stereocenters. The zero-order valence-electron chi connectivity index (χ0n) is 15.7. The minimum atomic E-state index is -4.46. The molecule has 0 unspecified atom stereocenters. The van der Waals surface area contributed by atoms with E-state index in [4.69, 9.17) is 5.73 Å². The van der Waals surface area contributed by atoms with Crippen molar-refractivity contribution in [3.63, 3.8) is 0 Å². The molecule has 0 bridgehead atoms. The number of nitrogen functional groups attached to an aromatic ring is 1. The van der Waals surface area contributed by atoms with E-state index in [1.807, 2.05) is 0 Å². The molecule has 0 spiro atoms. The highest BCUT2D eigenvalue weighted by molar-refractivity contribution is 6.12. The first-order valence-corrected chi connectivity index (χ1v) is 8.78. The number of hydrogen-bond donors (Lipinski definition) is 3. The second-order valence-electron chi connectivity index (χ2n) is 6.44. The largest absolute Gasteiger partial charge is 0.416 e. The Bertz CT molecular complexity index is 1070. The first-order chi connectivity index (χ1) is 13.6. The summed E-state index contributed by atoms with van der Waals surface area (Å²) in [4.78, 5) is 29.1. The Hall–Kier alpha value is -3.49. The third-order valence-electron chi connectivity index (χ3n) is 4.53. The predicted molar refractivity (Wildman–Crippen MR) is 105 cm³/mol. The molecule has 152 valence electrons. The van der Waals surface area contributed by atoms with Crippen molar-refractivity contribution >= 4 is 34.2 Å². The number of carbonyl (C=O) groups is 2. The van der Waals surface area contributed by atoms with Crippen LogP contribution in [0.15, 0.2) is 42.5 Å². The third kappa shape index (κ3) is 3.89. The minimum Gasteiger partial charge on any atom is -0.385 e. The van der Waals surface area contributed by atoms with Crippen LogP contribution in [0.2, 0.25) is 0 Å². The molecule has 0 fully saturated rings. The summed E-state index contributed by atoms with van der Waals surface area (Å²) < 4.78 is 38.1. The van der Waals surface area contributed by atoms with Crippen molar-refractivity contribution in [3.05, 3.63) is 59.2 Å². The number of rotatable bonds is 4. The van der Waals surface area contributed by atoms with Crippen molar-refractivity contribution in [2.75, 3.05) is 24.2 Å². The van der Waals surface area contributed by atoms with E-state index in [1.165, 1.54) is 11.9 Å². The van der Waals surface area contributed by atoms with E-state index in [1.54, 1.807) is 25.1 Å². The van der Waals surface area contributed by atoms with Gasteiger partial charge in [0, 0.05) is 35.7 Å². The summed E-state index contributed by atoms with van der Waals surface area (Å²) in [5.74, 6) is -0.570. The third-order valence-corrected chi connectivity index (χ3v) is 4.53. The highest BCUT2D eigenvalue weighted by atomic mass is 19.4. The van der Waals surface area contributed by atoms with Crippen LogP contribution in [-0.2, 0) is 6.18 Å². The molecule has 3 aromatic rings. The monoisotopic (exact) mass is 404 g/mol. The summed E-state index contributed by atoms with van der Waals surface area (Å²) in [7, 11) is 1.51. The molecule has 3 rings (SSSR count). The molecule has 29 heavy (non-hydrogen) atoms. The number of nitrogens with zero attached hydrogens (tertiary/aromatic N) is 1. The van der Waals surface area contributed by atoms with Crippen molar-refractivity contribution in [2.24, 2.45) is 0 Å².